The number of nitrogens with one attached hydrogen (secondary N) is 1. The predicted octanol–water partition coefficient (Wildman–Crippen LogP) is 1.58. The highest BCUT2D eigenvalue weighted by Crippen LogP contribution is 2.15. The molecule has 1 saturated heterocycles. The Balaban J connectivity index is 1.99. The molecule has 3 heteroatoms. The Hall–Kier alpha value is -1.35. The molecule has 0 radical (unpaired) electrons. The van der Waals surface area contributed by atoms with Gasteiger partial charge in [-0.1, -0.05) is 12.1 Å². The number of anilines is 1. The molecule has 1 fully saturated rings. The Kier molecular flexibility index (Phi) is 2.50. The van der Waals surface area contributed by atoms with E-state index in [2.05, 4.69) is 5.32 Å². The lowest BCUT2D eigenvalue weighted by Gasteiger charge is -2.24. The molecule has 0 spiro atoms. The Labute approximate surface area is 83.1 Å². The van der Waals surface area contributed by atoms with Gasteiger partial charge < -0.3 is 10.1 Å². The fourth-order valence-electron chi connectivity index (χ4n) is 1.35. The molecule has 0 atom stereocenters. The number of rotatable bonds is 2. The molecule has 1 aliphatic rings. The minimum absolute atomic E-state index is 0.0375. The van der Waals surface area contributed by atoms with Crippen LogP contribution in [0.1, 0.15) is 5.56 Å². The van der Waals surface area contributed by atoms with Crippen LogP contribution >= 0.6 is 0 Å². The summed E-state index contributed by atoms with van der Waals surface area (Å²) in [4.78, 5) is 11.5. The maximum Gasteiger partial charge on any atom is 0.232 e. The molecular formula is C11H13NO2. The molecule has 1 N–H and O–H groups in total. The van der Waals surface area contributed by atoms with Crippen LogP contribution in [-0.4, -0.2) is 19.1 Å². The summed E-state index contributed by atoms with van der Waals surface area (Å²) >= 11 is 0. The maximum atomic E-state index is 11.5. The molecule has 0 aliphatic carbocycles. The summed E-state index contributed by atoms with van der Waals surface area (Å²) in [5.74, 6) is 0.0948. The summed E-state index contributed by atoms with van der Waals surface area (Å²) in [7, 11) is 0. The van der Waals surface area contributed by atoms with Gasteiger partial charge in [-0.25, -0.2) is 0 Å². The van der Waals surface area contributed by atoms with E-state index in [1.807, 2.05) is 31.2 Å². The number of amides is 1. The molecule has 0 bridgehead atoms. The summed E-state index contributed by atoms with van der Waals surface area (Å²) in [5.41, 5.74) is 2.01. The van der Waals surface area contributed by atoms with Crippen molar-refractivity contribution in [1.29, 1.82) is 0 Å². The van der Waals surface area contributed by atoms with Crippen molar-refractivity contribution >= 4 is 11.6 Å². The first-order valence-electron chi connectivity index (χ1n) is 4.71. The van der Waals surface area contributed by atoms with Crippen LogP contribution in [0.3, 0.4) is 0 Å². The molecule has 1 heterocycles. The second-order valence-electron chi connectivity index (χ2n) is 3.59. The van der Waals surface area contributed by atoms with Gasteiger partial charge in [-0.15, -0.1) is 0 Å². The lowest BCUT2D eigenvalue weighted by atomic mass is 10.1. The topological polar surface area (TPSA) is 38.3 Å². The van der Waals surface area contributed by atoms with Gasteiger partial charge in [0.25, 0.3) is 0 Å². The van der Waals surface area contributed by atoms with E-state index in [9.17, 15) is 4.79 Å². The average Bonchev–Trinajstić information content (AvgIpc) is 1.99. The van der Waals surface area contributed by atoms with Crippen molar-refractivity contribution in [2.45, 2.75) is 6.92 Å². The van der Waals surface area contributed by atoms with E-state index in [1.54, 1.807) is 0 Å². The molecule has 1 aromatic rings. The van der Waals surface area contributed by atoms with E-state index in [4.69, 9.17) is 4.74 Å². The van der Waals surface area contributed by atoms with Crippen LogP contribution in [0.15, 0.2) is 24.3 Å². The van der Waals surface area contributed by atoms with E-state index in [1.165, 1.54) is 0 Å². The van der Waals surface area contributed by atoms with E-state index >= 15 is 0 Å². The summed E-state index contributed by atoms with van der Waals surface area (Å²) in [6.07, 6.45) is 0. The third kappa shape index (κ3) is 1.93. The van der Waals surface area contributed by atoms with Gasteiger partial charge in [-0.2, -0.15) is 0 Å². The van der Waals surface area contributed by atoms with Gasteiger partial charge in [0.2, 0.25) is 5.91 Å². The zero-order chi connectivity index (χ0) is 9.97. The molecule has 1 aromatic carbocycles. The van der Waals surface area contributed by atoms with Gasteiger partial charge in [0.1, 0.15) is 0 Å². The molecule has 3 nitrogen and oxygen atoms in total. The Morgan fingerprint density at radius 2 is 2.29 bits per heavy atom. The molecular weight excluding hydrogens is 178 g/mol. The van der Waals surface area contributed by atoms with E-state index in [0.717, 1.165) is 11.3 Å². The highest BCUT2D eigenvalue weighted by atomic mass is 16.5. The van der Waals surface area contributed by atoms with Gasteiger partial charge in [0, 0.05) is 5.69 Å². The minimum Gasteiger partial charge on any atom is -0.380 e. The van der Waals surface area contributed by atoms with Crippen molar-refractivity contribution in [1.82, 2.24) is 0 Å². The first-order valence-corrected chi connectivity index (χ1v) is 4.71. The van der Waals surface area contributed by atoms with E-state index in [0.29, 0.717) is 13.2 Å². The van der Waals surface area contributed by atoms with Crippen molar-refractivity contribution in [3.05, 3.63) is 29.8 Å². The quantitative estimate of drug-likeness (QED) is 0.770. The zero-order valence-corrected chi connectivity index (χ0v) is 8.12. The third-order valence-corrected chi connectivity index (χ3v) is 2.29. The van der Waals surface area contributed by atoms with Crippen molar-refractivity contribution in [2.24, 2.45) is 5.92 Å². The van der Waals surface area contributed by atoms with Crippen molar-refractivity contribution in [3.63, 3.8) is 0 Å². The first kappa shape index (κ1) is 9.21. The lowest BCUT2D eigenvalue weighted by molar-refractivity contribution is -0.133. The fraction of sp³-hybridized carbons (Fsp3) is 0.364. The van der Waals surface area contributed by atoms with Gasteiger partial charge in [-0.3, -0.25) is 4.79 Å². The molecule has 0 aromatic heterocycles. The Morgan fingerprint density at radius 1 is 1.50 bits per heavy atom. The first-order chi connectivity index (χ1) is 6.75. The SMILES string of the molecule is Cc1cccc(NC(=O)C2COC2)c1. The number of ether oxygens (including phenoxy) is 1. The van der Waals surface area contributed by atoms with Crippen LogP contribution in [0.2, 0.25) is 0 Å². The Bertz CT molecular complexity index is 345. The van der Waals surface area contributed by atoms with Crippen LogP contribution in [0, 0.1) is 12.8 Å². The average molecular weight is 191 g/mol. The molecule has 74 valence electrons. The third-order valence-electron chi connectivity index (χ3n) is 2.29. The van der Waals surface area contributed by atoms with Crippen molar-refractivity contribution in [3.8, 4) is 0 Å². The van der Waals surface area contributed by atoms with Crippen LogP contribution in [0.4, 0.5) is 5.69 Å². The number of carbonyl (C=O) groups excluding carboxylic acids is 1. The number of aryl methyl sites for hydroxylation is 1. The monoisotopic (exact) mass is 191 g/mol. The Morgan fingerprint density at radius 3 is 2.86 bits per heavy atom. The number of carbonyl (C=O) groups is 1. The summed E-state index contributed by atoms with van der Waals surface area (Å²) in [5, 5.41) is 2.87. The minimum atomic E-state index is 0.0375. The normalized spacial score (nSPS) is 16.1. The van der Waals surface area contributed by atoms with Crippen LogP contribution in [0.25, 0.3) is 0 Å². The van der Waals surface area contributed by atoms with Crippen molar-refractivity contribution < 1.29 is 9.53 Å². The van der Waals surface area contributed by atoms with Gasteiger partial charge in [-0.05, 0) is 24.6 Å². The van der Waals surface area contributed by atoms with Crippen LogP contribution < -0.4 is 5.32 Å². The van der Waals surface area contributed by atoms with Gasteiger partial charge in [0.15, 0.2) is 0 Å². The number of hydrogen-bond acceptors (Lipinski definition) is 2. The fourth-order valence-corrected chi connectivity index (χ4v) is 1.35. The zero-order valence-electron chi connectivity index (χ0n) is 8.12. The molecule has 0 unspecified atom stereocenters. The van der Waals surface area contributed by atoms with Crippen molar-refractivity contribution in [2.75, 3.05) is 18.5 Å². The van der Waals surface area contributed by atoms with E-state index in [-0.39, 0.29) is 11.8 Å². The highest BCUT2D eigenvalue weighted by molar-refractivity contribution is 5.93. The lowest BCUT2D eigenvalue weighted by Crippen LogP contribution is -2.38. The number of benzene rings is 1. The molecule has 0 saturated carbocycles. The highest BCUT2D eigenvalue weighted by Gasteiger charge is 2.26. The molecule has 14 heavy (non-hydrogen) atoms. The number of hydrogen-bond donors (Lipinski definition) is 1. The second kappa shape index (κ2) is 3.80. The smallest absolute Gasteiger partial charge is 0.232 e. The predicted molar refractivity (Wildman–Crippen MR) is 54.1 cm³/mol. The maximum absolute atomic E-state index is 11.5. The van der Waals surface area contributed by atoms with E-state index < -0.39 is 0 Å². The molecule has 1 amide bonds. The largest absolute Gasteiger partial charge is 0.380 e. The second-order valence-corrected chi connectivity index (χ2v) is 3.59. The summed E-state index contributed by atoms with van der Waals surface area (Å²) < 4.78 is 4.96. The summed E-state index contributed by atoms with van der Waals surface area (Å²) in [6.45, 7) is 3.11. The standard InChI is InChI=1S/C11H13NO2/c1-8-3-2-4-10(5-8)12-11(13)9-6-14-7-9/h2-5,9H,6-7H2,1H3,(H,12,13). The van der Waals surface area contributed by atoms with Crippen LogP contribution in [0.5, 0.6) is 0 Å². The molecule has 1 aliphatic heterocycles. The van der Waals surface area contributed by atoms with Crippen LogP contribution in [-0.2, 0) is 9.53 Å². The van der Waals surface area contributed by atoms with Gasteiger partial charge >= 0.3 is 0 Å². The summed E-state index contributed by atoms with van der Waals surface area (Å²) in [6, 6.07) is 7.78. The van der Waals surface area contributed by atoms with Gasteiger partial charge in [0.05, 0.1) is 19.1 Å². The molecule has 2 rings (SSSR count).